The number of carbonyl (C=O) groups is 1. The van der Waals surface area contributed by atoms with E-state index in [0.717, 1.165) is 48.1 Å². The van der Waals surface area contributed by atoms with Crippen molar-refractivity contribution in [3.8, 4) is 11.1 Å². The number of aromatic amines is 1. The van der Waals surface area contributed by atoms with E-state index >= 15 is 0 Å². The van der Waals surface area contributed by atoms with Gasteiger partial charge in [0.2, 0.25) is 5.95 Å². The molecule has 2 aliphatic rings. The Labute approximate surface area is 174 Å². The molecular formula is C24H24N4O2. The van der Waals surface area contributed by atoms with Crippen LogP contribution >= 0.6 is 0 Å². The number of nitrogens with one attached hydrogen (secondary N) is 1. The van der Waals surface area contributed by atoms with Gasteiger partial charge in [0, 0.05) is 29.6 Å². The van der Waals surface area contributed by atoms with Crippen molar-refractivity contribution in [2.24, 2.45) is 0 Å². The number of nitrogens with zero attached hydrogens (tertiary/aromatic N) is 2. The van der Waals surface area contributed by atoms with Crippen LogP contribution in [0, 0.1) is 0 Å². The molecule has 2 aromatic carbocycles. The van der Waals surface area contributed by atoms with Crippen molar-refractivity contribution >= 4 is 11.9 Å². The van der Waals surface area contributed by atoms with E-state index in [1.54, 1.807) is 0 Å². The minimum Gasteiger partial charge on any atom is -0.369 e. The molecule has 1 fully saturated rings. The molecule has 152 valence electrons. The van der Waals surface area contributed by atoms with E-state index in [1.807, 2.05) is 47.4 Å². The highest BCUT2D eigenvalue weighted by atomic mass is 16.2. The van der Waals surface area contributed by atoms with Crippen molar-refractivity contribution in [2.75, 3.05) is 18.8 Å². The number of rotatable bonds is 2. The van der Waals surface area contributed by atoms with E-state index in [1.165, 1.54) is 0 Å². The van der Waals surface area contributed by atoms with Gasteiger partial charge in [0.05, 0.1) is 5.69 Å². The quantitative estimate of drug-likeness (QED) is 0.691. The zero-order valence-corrected chi connectivity index (χ0v) is 16.7. The lowest BCUT2D eigenvalue weighted by molar-refractivity contribution is 0.0663. The Morgan fingerprint density at radius 2 is 1.63 bits per heavy atom. The van der Waals surface area contributed by atoms with Gasteiger partial charge in [-0.1, -0.05) is 42.5 Å². The summed E-state index contributed by atoms with van der Waals surface area (Å²) in [5.41, 5.74) is 10.1. The molecule has 1 amide bonds. The molecule has 5 rings (SSSR count). The first kappa shape index (κ1) is 18.6. The van der Waals surface area contributed by atoms with Crippen molar-refractivity contribution in [3.63, 3.8) is 0 Å². The first-order valence-electron chi connectivity index (χ1n) is 10.4. The van der Waals surface area contributed by atoms with Crippen molar-refractivity contribution in [2.45, 2.75) is 31.1 Å². The predicted octanol–water partition coefficient (Wildman–Crippen LogP) is 3.14. The molecule has 1 saturated heterocycles. The zero-order chi connectivity index (χ0) is 20.7. The Morgan fingerprint density at radius 1 is 0.967 bits per heavy atom. The number of aromatic nitrogens is 2. The van der Waals surface area contributed by atoms with E-state index in [2.05, 4.69) is 22.1 Å². The highest BCUT2D eigenvalue weighted by Crippen LogP contribution is 2.44. The monoisotopic (exact) mass is 400 g/mol. The molecule has 1 spiro atoms. The van der Waals surface area contributed by atoms with Gasteiger partial charge in [-0.2, -0.15) is 0 Å². The van der Waals surface area contributed by atoms with Gasteiger partial charge in [-0.05, 0) is 48.9 Å². The van der Waals surface area contributed by atoms with Gasteiger partial charge in [0.1, 0.15) is 0 Å². The molecule has 0 saturated carbocycles. The normalized spacial score (nSPS) is 17.1. The molecular weight excluding hydrogens is 376 g/mol. The minimum atomic E-state index is -0.133. The van der Waals surface area contributed by atoms with Crippen LogP contribution in [0.1, 0.15) is 40.9 Å². The average Bonchev–Trinajstić information content (AvgIpc) is 3.13. The first-order valence-corrected chi connectivity index (χ1v) is 10.4. The Hall–Kier alpha value is -3.41. The number of fused-ring (bicyclic) bond motifs is 2. The van der Waals surface area contributed by atoms with Crippen LogP contribution in [0.3, 0.4) is 0 Å². The average molecular weight is 400 g/mol. The lowest BCUT2D eigenvalue weighted by atomic mass is 9.76. The molecule has 2 heterocycles. The summed E-state index contributed by atoms with van der Waals surface area (Å²) in [6.45, 7) is 1.32. The van der Waals surface area contributed by atoms with E-state index in [-0.39, 0.29) is 22.8 Å². The molecule has 6 nitrogen and oxygen atoms in total. The highest BCUT2D eigenvalue weighted by molar-refractivity contribution is 5.94. The smallest absolute Gasteiger partial charge is 0.255 e. The maximum absolute atomic E-state index is 13.0. The number of piperidine rings is 1. The third kappa shape index (κ3) is 3.09. The van der Waals surface area contributed by atoms with Crippen LogP contribution in [0.15, 0.2) is 59.4 Å². The summed E-state index contributed by atoms with van der Waals surface area (Å²) in [7, 11) is 0. The van der Waals surface area contributed by atoms with E-state index in [0.29, 0.717) is 18.7 Å². The Morgan fingerprint density at radius 3 is 2.33 bits per heavy atom. The van der Waals surface area contributed by atoms with Crippen LogP contribution in [0.2, 0.25) is 0 Å². The molecule has 6 heteroatoms. The standard InChI is InChI=1S/C24H24N4O2/c25-23-26-20-19(21(29)27-23)10-11-24(20)12-14-28(15-13-24)22(30)18-8-6-17(7-9-18)16-4-2-1-3-5-16/h1-9H,10-15H2,(H3,25,26,27,29). The number of nitrogen functional groups attached to an aromatic ring is 1. The van der Waals surface area contributed by atoms with Gasteiger partial charge in [-0.15, -0.1) is 0 Å². The van der Waals surface area contributed by atoms with Gasteiger partial charge >= 0.3 is 0 Å². The summed E-state index contributed by atoms with van der Waals surface area (Å²) in [6.07, 6.45) is 3.25. The van der Waals surface area contributed by atoms with E-state index in [4.69, 9.17) is 5.73 Å². The van der Waals surface area contributed by atoms with Crippen molar-refractivity contribution in [1.29, 1.82) is 0 Å². The van der Waals surface area contributed by atoms with Crippen LogP contribution in [0.4, 0.5) is 5.95 Å². The Kier molecular flexibility index (Phi) is 4.42. The third-order valence-electron chi connectivity index (χ3n) is 6.64. The lowest BCUT2D eigenvalue weighted by Gasteiger charge is -2.39. The number of anilines is 1. The fourth-order valence-corrected chi connectivity index (χ4v) is 4.91. The fourth-order valence-electron chi connectivity index (χ4n) is 4.91. The second-order valence-corrected chi connectivity index (χ2v) is 8.29. The molecule has 0 radical (unpaired) electrons. The van der Waals surface area contributed by atoms with Gasteiger partial charge in [-0.25, -0.2) is 4.98 Å². The fraction of sp³-hybridized carbons (Fsp3) is 0.292. The van der Waals surface area contributed by atoms with Crippen molar-refractivity contribution in [3.05, 3.63) is 81.8 Å². The van der Waals surface area contributed by atoms with Crippen LogP contribution in [-0.4, -0.2) is 33.9 Å². The molecule has 1 aromatic heterocycles. The molecule has 0 atom stereocenters. The maximum Gasteiger partial charge on any atom is 0.255 e. The van der Waals surface area contributed by atoms with E-state index < -0.39 is 0 Å². The number of amides is 1. The second-order valence-electron chi connectivity index (χ2n) is 8.29. The number of hydrogen-bond donors (Lipinski definition) is 2. The van der Waals surface area contributed by atoms with Crippen LogP contribution in [0.5, 0.6) is 0 Å². The summed E-state index contributed by atoms with van der Waals surface area (Å²) >= 11 is 0. The summed E-state index contributed by atoms with van der Waals surface area (Å²) in [5, 5.41) is 0. The van der Waals surface area contributed by atoms with Gasteiger partial charge in [-0.3, -0.25) is 14.6 Å². The zero-order valence-electron chi connectivity index (χ0n) is 16.7. The Bertz CT molecular complexity index is 1140. The summed E-state index contributed by atoms with van der Waals surface area (Å²) in [6, 6.07) is 17.9. The molecule has 3 N–H and O–H groups in total. The number of benzene rings is 2. The number of carbonyl (C=O) groups excluding carboxylic acids is 1. The molecule has 3 aromatic rings. The SMILES string of the molecule is Nc1nc2c(c(=O)[nH]1)CCC21CCN(C(=O)c2ccc(-c3ccccc3)cc2)CC1. The summed E-state index contributed by atoms with van der Waals surface area (Å²) < 4.78 is 0. The van der Waals surface area contributed by atoms with Gasteiger partial charge in [0.25, 0.3) is 11.5 Å². The first-order chi connectivity index (χ1) is 14.6. The number of likely N-dealkylation sites (tertiary alicyclic amines) is 1. The van der Waals surface area contributed by atoms with Crippen molar-refractivity contribution < 1.29 is 4.79 Å². The highest BCUT2D eigenvalue weighted by Gasteiger charge is 2.44. The summed E-state index contributed by atoms with van der Waals surface area (Å²) in [5.74, 6) is 0.234. The molecule has 30 heavy (non-hydrogen) atoms. The second kappa shape index (κ2) is 7.13. The van der Waals surface area contributed by atoms with Crippen molar-refractivity contribution in [1.82, 2.24) is 14.9 Å². The molecule has 0 unspecified atom stereocenters. The molecule has 1 aliphatic heterocycles. The van der Waals surface area contributed by atoms with Crippen LogP contribution < -0.4 is 11.3 Å². The largest absolute Gasteiger partial charge is 0.369 e. The Balaban J connectivity index is 1.31. The van der Waals surface area contributed by atoms with Crippen LogP contribution in [-0.2, 0) is 11.8 Å². The topological polar surface area (TPSA) is 92.1 Å². The molecule has 1 aliphatic carbocycles. The van der Waals surface area contributed by atoms with Crippen LogP contribution in [0.25, 0.3) is 11.1 Å². The third-order valence-corrected chi connectivity index (χ3v) is 6.64. The predicted molar refractivity (Wildman–Crippen MR) is 116 cm³/mol. The van der Waals surface area contributed by atoms with Gasteiger partial charge < -0.3 is 10.6 Å². The maximum atomic E-state index is 13.0. The number of nitrogens with two attached hydrogens (primary N) is 1. The summed E-state index contributed by atoms with van der Waals surface area (Å²) in [4.78, 5) is 34.2. The van der Waals surface area contributed by atoms with Gasteiger partial charge in [0.15, 0.2) is 0 Å². The van der Waals surface area contributed by atoms with E-state index in [9.17, 15) is 9.59 Å². The lowest BCUT2D eigenvalue weighted by Crippen LogP contribution is -2.44. The number of hydrogen-bond acceptors (Lipinski definition) is 4. The molecule has 0 bridgehead atoms. The number of H-pyrrole nitrogens is 1. The minimum absolute atomic E-state index is 0.0565.